The van der Waals surface area contributed by atoms with Crippen molar-refractivity contribution in [3.05, 3.63) is 16.1 Å². The number of hydrogen-bond acceptors (Lipinski definition) is 3. The summed E-state index contributed by atoms with van der Waals surface area (Å²) in [7, 11) is 0. The van der Waals surface area contributed by atoms with Crippen LogP contribution in [0.5, 0.6) is 0 Å². The summed E-state index contributed by atoms with van der Waals surface area (Å²) in [5, 5.41) is 6.93. The van der Waals surface area contributed by atoms with E-state index in [-0.39, 0.29) is 0 Å². The van der Waals surface area contributed by atoms with Gasteiger partial charge in [-0.25, -0.2) is 4.98 Å². The van der Waals surface area contributed by atoms with Gasteiger partial charge in [0.2, 0.25) is 0 Å². The fourth-order valence-electron chi connectivity index (χ4n) is 2.35. The Morgan fingerprint density at radius 2 is 2.12 bits per heavy atom. The van der Waals surface area contributed by atoms with E-state index in [4.69, 9.17) is 4.98 Å². The van der Waals surface area contributed by atoms with Crippen molar-refractivity contribution >= 4 is 11.3 Å². The van der Waals surface area contributed by atoms with E-state index in [0.717, 1.165) is 24.9 Å². The Hall–Kier alpha value is -0.410. The highest BCUT2D eigenvalue weighted by atomic mass is 32.1. The van der Waals surface area contributed by atoms with Crippen molar-refractivity contribution in [3.8, 4) is 0 Å². The molecule has 1 saturated carbocycles. The zero-order valence-corrected chi connectivity index (χ0v) is 11.1. The van der Waals surface area contributed by atoms with E-state index < -0.39 is 0 Å². The second-order valence-corrected chi connectivity index (χ2v) is 5.80. The molecular weight excluding hydrogens is 216 g/mol. The summed E-state index contributed by atoms with van der Waals surface area (Å²) < 4.78 is 0. The number of nitrogens with one attached hydrogen (secondary N) is 1. The van der Waals surface area contributed by atoms with Crippen LogP contribution in [0.2, 0.25) is 0 Å². The molecule has 0 spiro atoms. The number of aromatic nitrogens is 1. The van der Waals surface area contributed by atoms with E-state index >= 15 is 0 Å². The van der Waals surface area contributed by atoms with Gasteiger partial charge in [-0.15, -0.1) is 11.3 Å². The van der Waals surface area contributed by atoms with Gasteiger partial charge in [0.25, 0.3) is 0 Å². The molecule has 0 saturated heterocycles. The first-order chi connectivity index (χ1) is 7.79. The molecular formula is C13H22N2S. The van der Waals surface area contributed by atoms with Crippen LogP contribution >= 0.6 is 11.3 Å². The molecule has 1 aromatic heterocycles. The smallest absolute Gasteiger partial charge is 0.0959 e. The second-order valence-electron chi connectivity index (χ2n) is 4.91. The first-order valence-electron chi connectivity index (χ1n) is 6.44. The molecule has 1 fully saturated rings. The molecule has 0 bridgehead atoms. The van der Waals surface area contributed by atoms with Crippen LogP contribution in [0.3, 0.4) is 0 Å². The van der Waals surface area contributed by atoms with Gasteiger partial charge in [-0.05, 0) is 25.3 Å². The van der Waals surface area contributed by atoms with Crippen LogP contribution in [0, 0.1) is 5.92 Å². The van der Waals surface area contributed by atoms with E-state index in [2.05, 4.69) is 24.5 Å². The van der Waals surface area contributed by atoms with Gasteiger partial charge in [0.1, 0.15) is 0 Å². The normalized spacial score (nSPS) is 25.9. The van der Waals surface area contributed by atoms with Crippen molar-refractivity contribution in [3.63, 3.8) is 0 Å². The first kappa shape index (κ1) is 12.1. The Bertz CT molecular complexity index is 313. The number of rotatable bonds is 4. The summed E-state index contributed by atoms with van der Waals surface area (Å²) in [6.45, 7) is 6.45. The third-order valence-electron chi connectivity index (χ3n) is 3.49. The molecule has 1 aromatic rings. The monoisotopic (exact) mass is 238 g/mol. The Kier molecular flexibility index (Phi) is 4.36. The maximum Gasteiger partial charge on any atom is 0.0959 e. The zero-order chi connectivity index (χ0) is 11.4. The molecule has 0 aliphatic heterocycles. The standard InChI is InChI=1S/C13H22N2S/c1-3-14-8-12-9-16-13(15-12)11-6-4-10(2)5-7-11/h9-11,14H,3-8H2,1-2H3. The highest BCUT2D eigenvalue weighted by Gasteiger charge is 2.21. The van der Waals surface area contributed by atoms with Gasteiger partial charge in [0.05, 0.1) is 10.7 Å². The van der Waals surface area contributed by atoms with E-state index in [1.54, 1.807) is 0 Å². The van der Waals surface area contributed by atoms with Crippen molar-refractivity contribution in [1.29, 1.82) is 0 Å². The van der Waals surface area contributed by atoms with E-state index in [1.165, 1.54) is 36.4 Å². The topological polar surface area (TPSA) is 24.9 Å². The largest absolute Gasteiger partial charge is 0.311 e. The SMILES string of the molecule is CCNCc1csc(C2CCC(C)CC2)n1. The Morgan fingerprint density at radius 1 is 1.38 bits per heavy atom. The minimum absolute atomic E-state index is 0.747. The molecule has 0 atom stereocenters. The van der Waals surface area contributed by atoms with Crippen molar-refractivity contribution in [2.45, 2.75) is 52.0 Å². The average Bonchev–Trinajstić information content (AvgIpc) is 2.76. The fraction of sp³-hybridized carbons (Fsp3) is 0.769. The third kappa shape index (κ3) is 3.05. The van der Waals surface area contributed by atoms with Crippen molar-refractivity contribution in [2.75, 3.05) is 6.54 Å². The lowest BCUT2D eigenvalue weighted by Crippen LogP contribution is -2.13. The summed E-state index contributed by atoms with van der Waals surface area (Å²) in [4.78, 5) is 4.75. The van der Waals surface area contributed by atoms with Crippen LogP contribution < -0.4 is 5.32 Å². The van der Waals surface area contributed by atoms with E-state index in [1.807, 2.05) is 11.3 Å². The van der Waals surface area contributed by atoms with Crippen LogP contribution in [0.1, 0.15) is 56.2 Å². The lowest BCUT2D eigenvalue weighted by Gasteiger charge is -2.24. The van der Waals surface area contributed by atoms with Gasteiger partial charge >= 0.3 is 0 Å². The summed E-state index contributed by atoms with van der Waals surface area (Å²) in [6.07, 6.45) is 5.45. The fourth-order valence-corrected chi connectivity index (χ4v) is 3.34. The minimum Gasteiger partial charge on any atom is -0.311 e. The number of hydrogen-bond donors (Lipinski definition) is 1. The molecule has 16 heavy (non-hydrogen) atoms. The Morgan fingerprint density at radius 3 is 2.81 bits per heavy atom. The molecule has 2 rings (SSSR count). The van der Waals surface area contributed by atoms with Crippen LogP contribution in [0.4, 0.5) is 0 Å². The average molecular weight is 238 g/mol. The molecule has 0 aromatic carbocycles. The molecule has 3 heteroatoms. The van der Waals surface area contributed by atoms with Gasteiger partial charge in [-0.2, -0.15) is 0 Å². The van der Waals surface area contributed by atoms with Crippen LogP contribution in [-0.4, -0.2) is 11.5 Å². The molecule has 1 N–H and O–H groups in total. The molecule has 0 unspecified atom stereocenters. The van der Waals surface area contributed by atoms with Crippen molar-refractivity contribution < 1.29 is 0 Å². The van der Waals surface area contributed by atoms with Gasteiger partial charge in [-0.1, -0.05) is 26.7 Å². The maximum atomic E-state index is 4.75. The summed E-state index contributed by atoms with van der Waals surface area (Å²) in [5.41, 5.74) is 1.22. The van der Waals surface area contributed by atoms with Gasteiger partial charge in [0.15, 0.2) is 0 Å². The lowest BCUT2D eigenvalue weighted by atomic mass is 9.83. The van der Waals surface area contributed by atoms with Crippen LogP contribution in [-0.2, 0) is 6.54 Å². The molecule has 2 nitrogen and oxygen atoms in total. The van der Waals surface area contributed by atoms with Crippen LogP contribution in [0.15, 0.2) is 5.38 Å². The maximum absolute atomic E-state index is 4.75. The molecule has 90 valence electrons. The highest BCUT2D eigenvalue weighted by Crippen LogP contribution is 2.36. The summed E-state index contributed by atoms with van der Waals surface area (Å²) in [5.74, 6) is 1.68. The first-order valence-corrected chi connectivity index (χ1v) is 7.32. The quantitative estimate of drug-likeness (QED) is 0.867. The number of nitrogens with zero attached hydrogens (tertiary/aromatic N) is 1. The van der Waals surface area contributed by atoms with Gasteiger partial charge in [0, 0.05) is 17.8 Å². The lowest BCUT2D eigenvalue weighted by molar-refractivity contribution is 0.347. The highest BCUT2D eigenvalue weighted by molar-refractivity contribution is 7.09. The summed E-state index contributed by atoms with van der Waals surface area (Å²) >= 11 is 1.86. The third-order valence-corrected chi connectivity index (χ3v) is 4.55. The van der Waals surface area contributed by atoms with Gasteiger partial charge in [-0.3, -0.25) is 0 Å². The predicted molar refractivity (Wildman–Crippen MR) is 69.9 cm³/mol. The summed E-state index contributed by atoms with van der Waals surface area (Å²) in [6, 6.07) is 0. The molecule has 0 amide bonds. The van der Waals surface area contributed by atoms with Crippen molar-refractivity contribution in [1.82, 2.24) is 10.3 Å². The van der Waals surface area contributed by atoms with E-state index in [0.29, 0.717) is 0 Å². The second kappa shape index (κ2) is 5.78. The van der Waals surface area contributed by atoms with Gasteiger partial charge < -0.3 is 5.32 Å². The van der Waals surface area contributed by atoms with E-state index in [9.17, 15) is 0 Å². The molecule has 1 heterocycles. The molecule has 1 aliphatic rings. The molecule has 1 aliphatic carbocycles. The Balaban J connectivity index is 1.91. The zero-order valence-electron chi connectivity index (χ0n) is 10.3. The minimum atomic E-state index is 0.747. The molecule has 0 radical (unpaired) electrons. The van der Waals surface area contributed by atoms with Crippen LogP contribution in [0.25, 0.3) is 0 Å². The number of thiazole rings is 1. The predicted octanol–water partition coefficient (Wildman–Crippen LogP) is 3.55. The Labute approximate surface area is 102 Å². The van der Waals surface area contributed by atoms with Crippen molar-refractivity contribution in [2.24, 2.45) is 5.92 Å².